The van der Waals surface area contributed by atoms with Crippen molar-refractivity contribution in [2.45, 2.75) is 72.1 Å². The van der Waals surface area contributed by atoms with Gasteiger partial charge in [0, 0.05) is 13.1 Å². The van der Waals surface area contributed by atoms with Crippen molar-refractivity contribution >= 4 is 5.96 Å². The molecule has 4 nitrogen and oxygen atoms in total. The van der Waals surface area contributed by atoms with E-state index in [0.29, 0.717) is 5.92 Å². The van der Waals surface area contributed by atoms with Crippen molar-refractivity contribution < 1.29 is 0 Å². The fourth-order valence-electron chi connectivity index (χ4n) is 1.89. The molecule has 0 aliphatic heterocycles. The van der Waals surface area contributed by atoms with Crippen LogP contribution in [0.25, 0.3) is 0 Å². The first-order chi connectivity index (χ1) is 9.20. The average Bonchev–Trinajstić information content (AvgIpc) is 2.40. The Morgan fingerprint density at radius 1 is 1.00 bits per heavy atom. The van der Waals surface area contributed by atoms with Crippen LogP contribution in [0.15, 0.2) is 4.99 Å². The average molecular weight is 270 g/mol. The highest BCUT2D eigenvalue weighted by atomic mass is 15.3. The molecule has 0 fully saturated rings. The SMILES string of the molecule is CCCCCCCCCCNC(=NCC(C)C)NN. The number of nitrogens with zero attached hydrogens (tertiary/aromatic N) is 1. The van der Waals surface area contributed by atoms with Gasteiger partial charge in [0.25, 0.3) is 0 Å². The number of hydrogen-bond acceptors (Lipinski definition) is 2. The third-order valence-electron chi connectivity index (χ3n) is 3.07. The molecule has 0 aliphatic rings. The zero-order valence-corrected chi connectivity index (χ0v) is 13.2. The second-order valence-electron chi connectivity index (χ2n) is 5.63. The standard InChI is InChI=1S/C15H34N4/c1-4-5-6-7-8-9-10-11-12-17-15(19-16)18-13-14(2)3/h14H,4-13,16H2,1-3H3,(H2,17,18,19). The molecule has 0 radical (unpaired) electrons. The Bertz CT molecular complexity index is 214. The molecule has 0 bridgehead atoms. The van der Waals surface area contributed by atoms with E-state index in [2.05, 4.69) is 36.5 Å². The maximum absolute atomic E-state index is 5.42. The Balaban J connectivity index is 3.38. The second kappa shape index (κ2) is 13.7. The van der Waals surface area contributed by atoms with Crippen molar-refractivity contribution in [1.29, 1.82) is 0 Å². The fraction of sp³-hybridized carbons (Fsp3) is 0.933. The third kappa shape index (κ3) is 13.5. The summed E-state index contributed by atoms with van der Waals surface area (Å²) in [5.74, 6) is 6.71. The Hall–Kier alpha value is -0.770. The van der Waals surface area contributed by atoms with E-state index in [0.717, 1.165) is 19.0 Å². The van der Waals surface area contributed by atoms with E-state index in [9.17, 15) is 0 Å². The first kappa shape index (κ1) is 18.2. The van der Waals surface area contributed by atoms with Crippen LogP contribution in [0.3, 0.4) is 0 Å². The van der Waals surface area contributed by atoms with Crippen LogP contribution in [0.1, 0.15) is 72.1 Å². The Morgan fingerprint density at radius 3 is 2.11 bits per heavy atom. The van der Waals surface area contributed by atoms with Crippen molar-refractivity contribution in [2.24, 2.45) is 16.8 Å². The van der Waals surface area contributed by atoms with Gasteiger partial charge in [0.05, 0.1) is 0 Å². The molecule has 0 aromatic carbocycles. The summed E-state index contributed by atoms with van der Waals surface area (Å²) in [4.78, 5) is 4.38. The number of nitrogens with one attached hydrogen (secondary N) is 2. The molecule has 0 spiro atoms. The maximum atomic E-state index is 5.42. The van der Waals surface area contributed by atoms with Crippen LogP contribution in [-0.4, -0.2) is 19.0 Å². The summed E-state index contributed by atoms with van der Waals surface area (Å²) >= 11 is 0. The van der Waals surface area contributed by atoms with Gasteiger partial charge in [0.2, 0.25) is 5.96 Å². The molecule has 4 N–H and O–H groups in total. The van der Waals surface area contributed by atoms with Gasteiger partial charge in [-0.25, -0.2) is 5.84 Å². The zero-order valence-electron chi connectivity index (χ0n) is 13.2. The molecule has 0 rings (SSSR count). The van der Waals surface area contributed by atoms with Gasteiger partial charge in [-0.15, -0.1) is 0 Å². The zero-order chi connectivity index (χ0) is 14.3. The summed E-state index contributed by atoms with van der Waals surface area (Å²) in [6.07, 6.45) is 10.7. The van der Waals surface area contributed by atoms with E-state index >= 15 is 0 Å². The molecule has 0 aromatic rings. The lowest BCUT2D eigenvalue weighted by Crippen LogP contribution is -2.42. The van der Waals surface area contributed by atoms with Crippen molar-refractivity contribution in [3.05, 3.63) is 0 Å². The van der Waals surface area contributed by atoms with E-state index in [1.54, 1.807) is 0 Å². The second-order valence-corrected chi connectivity index (χ2v) is 5.63. The van der Waals surface area contributed by atoms with Gasteiger partial charge in [0.1, 0.15) is 0 Å². The summed E-state index contributed by atoms with van der Waals surface area (Å²) in [6.45, 7) is 8.32. The summed E-state index contributed by atoms with van der Waals surface area (Å²) in [5, 5.41) is 3.25. The number of aliphatic imine (C=N–C) groups is 1. The molecule has 4 heteroatoms. The minimum atomic E-state index is 0.563. The Morgan fingerprint density at radius 2 is 1.58 bits per heavy atom. The molecule has 0 aliphatic carbocycles. The number of nitrogens with two attached hydrogens (primary N) is 1. The van der Waals surface area contributed by atoms with E-state index in [1.165, 1.54) is 51.4 Å². The van der Waals surface area contributed by atoms with Crippen molar-refractivity contribution in [2.75, 3.05) is 13.1 Å². The van der Waals surface area contributed by atoms with Crippen LogP contribution in [0.2, 0.25) is 0 Å². The summed E-state index contributed by atoms with van der Waals surface area (Å²) in [6, 6.07) is 0. The van der Waals surface area contributed by atoms with Crippen LogP contribution in [0.5, 0.6) is 0 Å². The van der Waals surface area contributed by atoms with Gasteiger partial charge < -0.3 is 5.32 Å². The quantitative estimate of drug-likeness (QED) is 0.178. The highest BCUT2D eigenvalue weighted by molar-refractivity contribution is 5.79. The number of guanidine groups is 1. The first-order valence-corrected chi connectivity index (χ1v) is 7.95. The lowest BCUT2D eigenvalue weighted by molar-refractivity contribution is 0.571. The van der Waals surface area contributed by atoms with Gasteiger partial charge in [0.15, 0.2) is 0 Å². The van der Waals surface area contributed by atoms with E-state index < -0.39 is 0 Å². The van der Waals surface area contributed by atoms with Gasteiger partial charge in [-0.3, -0.25) is 10.4 Å². The summed E-state index contributed by atoms with van der Waals surface area (Å²) < 4.78 is 0. The minimum absolute atomic E-state index is 0.563. The molecular formula is C15H34N4. The van der Waals surface area contributed by atoms with Crippen molar-refractivity contribution in [3.8, 4) is 0 Å². The van der Waals surface area contributed by atoms with Gasteiger partial charge in [-0.2, -0.15) is 0 Å². The maximum Gasteiger partial charge on any atom is 0.205 e. The highest BCUT2D eigenvalue weighted by Gasteiger charge is 1.97. The molecule has 0 amide bonds. The largest absolute Gasteiger partial charge is 0.355 e. The van der Waals surface area contributed by atoms with Crippen LogP contribution in [0.4, 0.5) is 0 Å². The fourth-order valence-corrected chi connectivity index (χ4v) is 1.89. The highest BCUT2D eigenvalue weighted by Crippen LogP contribution is 2.07. The van der Waals surface area contributed by atoms with Gasteiger partial charge in [-0.05, 0) is 12.3 Å². The smallest absolute Gasteiger partial charge is 0.205 e. The normalized spacial score (nSPS) is 11.9. The topological polar surface area (TPSA) is 62.4 Å². The number of unbranched alkanes of at least 4 members (excludes halogenated alkanes) is 7. The first-order valence-electron chi connectivity index (χ1n) is 7.95. The van der Waals surface area contributed by atoms with Gasteiger partial charge >= 0.3 is 0 Å². The third-order valence-corrected chi connectivity index (χ3v) is 3.07. The van der Waals surface area contributed by atoms with E-state index in [4.69, 9.17) is 5.84 Å². The lowest BCUT2D eigenvalue weighted by atomic mass is 10.1. The molecule has 0 aromatic heterocycles. The van der Waals surface area contributed by atoms with Crippen LogP contribution < -0.4 is 16.6 Å². The number of rotatable bonds is 11. The summed E-state index contributed by atoms with van der Waals surface area (Å²) in [7, 11) is 0. The molecule has 114 valence electrons. The Kier molecular flexibility index (Phi) is 13.1. The summed E-state index contributed by atoms with van der Waals surface area (Å²) in [5.41, 5.74) is 2.62. The monoisotopic (exact) mass is 270 g/mol. The molecule has 0 atom stereocenters. The van der Waals surface area contributed by atoms with E-state index in [1.807, 2.05) is 0 Å². The van der Waals surface area contributed by atoms with Crippen molar-refractivity contribution in [1.82, 2.24) is 10.7 Å². The molecular weight excluding hydrogens is 236 g/mol. The molecule has 0 unspecified atom stereocenters. The van der Waals surface area contributed by atoms with Crippen LogP contribution in [-0.2, 0) is 0 Å². The lowest BCUT2D eigenvalue weighted by Gasteiger charge is -2.09. The number of hydrazine groups is 1. The van der Waals surface area contributed by atoms with Crippen LogP contribution in [0, 0.1) is 5.92 Å². The predicted molar refractivity (Wildman–Crippen MR) is 85.1 cm³/mol. The molecule has 0 heterocycles. The molecule has 19 heavy (non-hydrogen) atoms. The number of hydrogen-bond donors (Lipinski definition) is 3. The minimum Gasteiger partial charge on any atom is -0.355 e. The van der Waals surface area contributed by atoms with Gasteiger partial charge in [-0.1, -0.05) is 65.7 Å². The van der Waals surface area contributed by atoms with E-state index in [-0.39, 0.29) is 0 Å². The predicted octanol–water partition coefficient (Wildman–Crippen LogP) is 3.19. The Labute approximate surface area is 119 Å². The molecule has 0 saturated heterocycles. The van der Waals surface area contributed by atoms with Crippen LogP contribution >= 0.6 is 0 Å². The van der Waals surface area contributed by atoms with Crippen molar-refractivity contribution in [3.63, 3.8) is 0 Å². The molecule has 0 saturated carbocycles.